The standard InChI is InChI=1S/C33H47N3O7/c1-6-7-15-35(16-11-10-14-34(2)3)30(37)21-36-20-25(24-18-28(41-5)32-29(19-24)42-22-43-32)31(33(38)39)26(36)17-23-12-8-9-13-27(23)40-4/h8-9,12-13,18-19,25-26,31H,6-7,10-11,14-17,20-22H2,1-5H3,(H,38,39)/t25-,26+,31?/m1/s1. The number of likely N-dealkylation sites (tertiary alicyclic amines) is 1. The highest BCUT2D eigenvalue weighted by atomic mass is 16.7. The molecular weight excluding hydrogens is 550 g/mol. The van der Waals surface area contributed by atoms with Crippen LogP contribution in [-0.4, -0.2) is 106 Å². The number of carbonyl (C=O) groups is 2. The molecule has 1 fully saturated rings. The molecule has 2 aromatic rings. The van der Waals surface area contributed by atoms with E-state index in [0.29, 0.717) is 49.1 Å². The van der Waals surface area contributed by atoms with Crippen molar-refractivity contribution in [1.29, 1.82) is 0 Å². The van der Waals surface area contributed by atoms with Crippen molar-refractivity contribution in [1.82, 2.24) is 14.7 Å². The van der Waals surface area contributed by atoms with E-state index < -0.39 is 23.8 Å². The second-order valence-electron chi connectivity index (χ2n) is 11.7. The Morgan fingerprint density at radius 3 is 2.42 bits per heavy atom. The van der Waals surface area contributed by atoms with E-state index in [0.717, 1.165) is 43.4 Å². The van der Waals surface area contributed by atoms with Gasteiger partial charge in [-0.25, -0.2) is 0 Å². The van der Waals surface area contributed by atoms with Gasteiger partial charge in [0.05, 0.1) is 26.7 Å². The summed E-state index contributed by atoms with van der Waals surface area (Å²) in [7, 11) is 7.29. The predicted molar refractivity (Wildman–Crippen MR) is 164 cm³/mol. The molecule has 1 amide bonds. The van der Waals surface area contributed by atoms with Gasteiger partial charge in [-0.1, -0.05) is 31.5 Å². The lowest BCUT2D eigenvalue weighted by Gasteiger charge is -2.30. The van der Waals surface area contributed by atoms with Crippen LogP contribution in [0, 0.1) is 5.92 Å². The zero-order valence-corrected chi connectivity index (χ0v) is 26.2. The quantitative estimate of drug-likeness (QED) is 0.287. The van der Waals surface area contributed by atoms with Gasteiger partial charge in [-0.15, -0.1) is 0 Å². The molecule has 0 spiro atoms. The van der Waals surface area contributed by atoms with E-state index in [9.17, 15) is 14.7 Å². The number of aliphatic carboxylic acids is 1. The number of carbonyl (C=O) groups excluding carboxylic acids is 1. The predicted octanol–water partition coefficient (Wildman–Crippen LogP) is 4.11. The van der Waals surface area contributed by atoms with Gasteiger partial charge < -0.3 is 33.9 Å². The minimum atomic E-state index is -0.900. The molecule has 0 bridgehead atoms. The van der Waals surface area contributed by atoms with Crippen molar-refractivity contribution in [2.24, 2.45) is 5.92 Å². The van der Waals surface area contributed by atoms with Crippen LogP contribution in [0.4, 0.5) is 0 Å². The zero-order chi connectivity index (χ0) is 30.9. The van der Waals surface area contributed by atoms with Gasteiger partial charge in [-0.3, -0.25) is 14.5 Å². The van der Waals surface area contributed by atoms with Crippen LogP contribution in [0.2, 0.25) is 0 Å². The average molecular weight is 598 g/mol. The molecule has 43 heavy (non-hydrogen) atoms. The third-order valence-electron chi connectivity index (χ3n) is 8.52. The van der Waals surface area contributed by atoms with Crippen molar-refractivity contribution in [2.75, 3.05) is 67.8 Å². The van der Waals surface area contributed by atoms with Gasteiger partial charge in [-0.2, -0.15) is 0 Å². The molecule has 10 heteroatoms. The highest BCUT2D eigenvalue weighted by Gasteiger charge is 2.48. The molecule has 0 saturated carbocycles. The van der Waals surface area contributed by atoms with E-state index >= 15 is 0 Å². The first-order valence-corrected chi connectivity index (χ1v) is 15.3. The van der Waals surface area contributed by atoms with Crippen LogP contribution in [0.15, 0.2) is 36.4 Å². The number of rotatable bonds is 16. The van der Waals surface area contributed by atoms with Gasteiger partial charge in [0, 0.05) is 31.6 Å². The van der Waals surface area contributed by atoms with Gasteiger partial charge in [0.15, 0.2) is 11.5 Å². The first-order valence-electron chi connectivity index (χ1n) is 15.3. The summed E-state index contributed by atoms with van der Waals surface area (Å²) in [5.74, 6) is 0.251. The number of fused-ring (bicyclic) bond motifs is 1. The summed E-state index contributed by atoms with van der Waals surface area (Å²) >= 11 is 0. The van der Waals surface area contributed by atoms with E-state index in [-0.39, 0.29) is 19.2 Å². The van der Waals surface area contributed by atoms with Crippen molar-refractivity contribution in [3.8, 4) is 23.0 Å². The maximum absolute atomic E-state index is 13.9. The number of methoxy groups -OCH3 is 2. The van der Waals surface area contributed by atoms with Gasteiger partial charge in [0.1, 0.15) is 5.75 Å². The minimum absolute atomic E-state index is 0.0383. The van der Waals surface area contributed by atoms with Crippen LogP contribution in [0.25, 0.3) is 0 Å². The van der Waals surface area contributed by atoms with Crippen LogP contribution in [0.3, 0.4) is 0 Å². The first kappa shape index (κ1) is 32.4. The first-order chi connectivity index (χ1) is 20.8. The van der Waals surface area contributed by atoms with Gasteiger partial charge in [0.25, 0.3) is 0 Å². The Morgan fingerprint density at radius 2 is 1.72 bits per heavy atom. The topological polar surface area (TPSA) is 101 Å². The lowest BCUT2D eigenvalue weighted by Crippen LogP contribution is -2.45. The molecule has 1 unspecified atom stereocenters. The Morgan fingerprint density at radius 1 is 1.00 bits per heavy atom. The summed E-state index contributed by atoms with van der Waals surface area (Å²) in [5, 5.41) is 10.7. The van der Waals surface area contributed by atoms with Crippen LogP contribution >= 0.6 is 0 Å². The van der Waals surface area contributed by atoms with Gasteiger partial charge in [-0.05, 0) is 75.6 Å². The lowest BCUT2D eigenvalue weighted by molar-refractivity contribution is -0.143. The Balaban J connectivity index is 1.65. The average Bonchev–Trinajstić information content (AvgIpc) is 3.61. The molecule has 2 aliphatic rings. The Bertz CT molecular complexity index is 1240. The van der Waals surface area contributed by atoms with Crippen molar-refractivity contribution < 1.29 is 33.6 Å². The number of carboxylic acids is 1. The largest absolute Gasteiger partial charge is 0.496 e. The fraction of sp³-hybridized carbons (Fsp3) is 0.576. The highest BCUT2D eigenvalue weighted by Crippen LogP contribution is 2.47. The smallest absolute Gasteiger partial charge is 0.308 e. The Hall–Kier alpha value is -3.50. The molecule has 3 atom stereocenters. The van der Waals surface area contributed by atoms with Gasteiger partial charge >= 0.3 is 5.97 Å². The monoisotopic (exact) mass is 597 g/mol. The maximum Gasteiger partial charge on any atom is 0.308 e. The van der Waals surface area contributed by atoms with Crippen LogP contribution in [0.5, 0.6) is 23.0 Å². The molecule has 0 radical (unpaired) electrons. The van der Waals surface area contributed by atoms with Gasteiger partial charge in [0.2, 0.25) is 18.4 Å². The number of nitrogens with zero attached hydrogens (tertiary/aromatic N) is 3. The molecule has 1 N–H and O–H groups in total. The Labute approximate surface area is 255 Å². The van der Waals surface area contributed by atoms with Crippen LogP contribution in [0.1, 0.15) is 49.7 Å². The fourth-order valence-corrected chi connectivity index (χ4v) is 6.26. The second-order valence-corrected chi connectivity index (χ2v) is 11.7. The molecule has 2 heterocycles. The van der Waals surface area contributed by atoms with Crippen molar-refractivity contribution in [3.63, 3.8) is 0 Å². The summed E-state index contributed by atoms with van der Waals surface area (Å²) in [6.45, 7) is 5.15. The molecule has 2 aromatic carbocycles. The molecule has 0 aromatic heterocycles. The van der Waals surface area contributed by atoms with E-state index in [1.165, 1.54) is 0 Å². The molecule has 0 aliphatic carbocycles. The van der Waals surface area contributed by atoms with Crippen molar-refractivity contribution in [2.45, 2.75) is 51.0 Å². The van der Waals surface area contributed by atoms with Crippen molar-refractivity contribution in [3.05, 3.63) is 47.5 Å². The number of benzene rings is 2. The molecule has 2 aliphatic heterocycles. The highest BCUT2D eigenvalue weighted by molar-refractivity contribution is 5.79. The van der Waals surface area contributed by atoms with Crippen molar-refractivity contribution >= 4 is 11.9 Å². The summed E-state index contributed by atoms with van der Waals surface area (Å²) in [6, 6.07) is 11.0. The van der Waals surface area contributed by atoms with Crippen LogP contribution < -0.4 is 18.9 Å². The normalized spacial score (nSPS) is 19.5. The zero-order valence-electron chi connectivity index (χ0n) is 26.2. The summed E-state index contributed by atoms with van der Waals surface area (Å²) in [6.07, 6.45) is 4.30. The third kappa shape index (κ3) is 7.92. The number of hydrogen-bond acceptors (Lipinski definition) is 8. The molecule has 4 rings (SSSR count). The summed E-state index contributed by atoms with van der Waals surface area (Å²) in [5.41, 5.74) is 1.70. The fourth-order valence-electron chi connectivity index (χ4n) is 6.26. The maximum atomic E-state index is 13.9. The molecule has 10 nitrogen and oxygen atoms in total. The second kappa shape index (κ2) is 15.3. The number of hydrogen-bond donors (Lipinski definition) is 1. The number of carboxylic acid groups (broad SMARTS) is 1. The summed E-state index contributed by atoms with van der Waals surface area (Å²) in [4.78, 5) is 33.1. The SMILES string of the molecule is CCCCN(CCCCN(C)C)C(=O)CN1C[C@H](c2cc(OC)c3c(c2)OCO3)C(C(=O)O)[C@@H]1Cc1ccccc1OC. The van der Waals surface area contributed by atoms with E-state index in [2.05, 4.69) is 30.8 Å². The van der Waals surface area contributed by atoms with E-state index in [4.69, 9.17) is 18.9 Å². The minimum Gasteiger partial charge on any atom is -0.496 e. The molecule has 236 valence electrons. The van der Waals surface area contributed by atoms with Crippen LogP contribution in [-0.2, 0) is 16.0 Å². The number of amides is 1. The number of para-hydroxylation sites is 1. The molecular formula is C33H47N3O7. The molecule has 1 saturated heterocycles. The number of ether oxygens (including phenoxy) is 4. The Kier molecular flexibility index (Phi) is 11.5. The van der Waals surface area contributed by atoms with E-state index in [1.54, 1.807) is 14.2 Å². The number of unbranched alkanes of at least 4 members (excludes halogenated alkanes) is 2. The third-order valence-corrected chi connectivity index (χ3v) is 8.52. The van der Waals surface area contributed by atoms with E-state index in [1.807, 2.05) is 41.3 Å². The lowest BCUT2D eigenvalue weighted by atomic mass is 9.83. The summed E-state index contributed by atoms with van der Waals surface area (Å²) < 4.78 is 22.5.